The van der Waals surface area contributed by atoms with Crippen molar-refractivity contribution in [1.82, 2.24) is 5.32 Å². The molecule has 1 aliphatic carbocycles. The van der Waals surface area contributed by atoms with Gasteiger partial charge in [0.1, 0.15) is 0 Å². The number of amides is 1. The van der Waals surface area contributed by atoms with Crippen molar-refractivity contribution >= 4 is 11.7 Å². The molecule has 1 N–H and O–H groups in total. The van der Waals surface area contributed by atoms with Crippen LogP contribution in [0.3, 0.4) is 0 Å². The lowest BCUT2D eigenvalue weighted by molar-refractivity contribution is 0.0942. The van der Waals surface area contributed by atoms with Crippen molar-refractivity contribution in [2.24, 2.45) is 11.8 Å². The van der Waals surface area contributed by atoms with Crippen molar-refractivity contribution in [2.75, 3.05) is 6.54 Å². The quantitative estimate of drug-likeness (QED) is 0.792. The highest BCUT2D eigenvalue weighted by molar-refractivity contribution is 6.09. The van der Waals surface area contributed by atoms with Crippen LogP contribution in [0.5, 0.6) is 0 Å². The Morgan fingerprint density at radius 3 is 2.16 bits per heavy atom. The van der Waals surface area contributed by atoms with Crippen LogP contribution < -0.4 is 5.32 Å². The van der Waals surface area contributed by atoms with E-state index in [1.807, 2.05) is 18.2 Å². The molecule has 0 bridgehead atoms. The number of rotatable bonds is 6. The van der Waals surface area contributed by atoms with E-state index in [0.717, 1.165) is 12.5 Å². The van der Waals surface area contributed by atoms with E-state index in [1.165, 1.54) is 25.7 Å². The number of benzene rings is 2. The lowest BCUT2D eigenvalue weighted by atomic mass is 9.93. The van der Waals surface area contributed by atoms with Gasteiger partial charge in [-0.1, -0.05) is 68.7 Å². The summed E-state index contributed by atoms with van der Waals surface area (Å²) < 4.78 is 0. The van der Waals surface area contributed by atoms with Gasteiger partial charge in [-0.05, 0) is 30.4 Å². The summed E-state index contributed by atoms with van der Waals surface area (Å²) in [5, 5.41) is 3.06. The maximum absolute atomic E-state index is 12.4. The third-order valence-electron chi connectivity index (χ3n) is 5.31. The third-order valence-corrected chi connectivity index (χ3v) is 5.31. The molecule has 3 nitrogen and oxygen atoms in total. The molecule has 0 aromatic heterocycles. The minimum absolute atomic E-state index is 0.0238. The summed E-state index contributed by atoms with van der Waals surface area (Å²) in [6, 6.07) is 16.1. The Bertz CT molecular complexity index is 721. The molecule has 2 aromatic rings. The number of hydrogen-bond donors (Lipinski definition) is 1. The summed E-state index contributed by atoms with van der Waals surface area (Å²) in [6.45, 7) is 2.98. The Hall–Kier alpha value is -2.42. The maximum Gasteiger partial charge on any atom is 0.251 e. The first-order valence-corrected chi connectivity index (χ1v) is 9.17. The second kappa shape index (κ2) is 8.11. The maximum atomic E-state index is 12.4. The summed E-state index contributed by atoms with van der Waals surface area (Å²) in [5.74, 6) is 1.27. The van der Waals surface area contributed by atoms with Crippen molar-refractivity contribution in [3.05, 3.63) is 71.3 Å². The van der Waals surface area contributed by atoms with Gasteiger partial charge in [-0.15, -0.1) is 0 Å². The fourth-order valence-corrected chi connectivity index (χ4v) is 3.77. The lowest BCUT2D eigenvalue weighted by Gasteiger charge is -2.18. The van der Waals surface area contributed by atoms with Crippen LogP contribution in [0.2, 0.25) is 0 Å². The smallest absolute Gasteiger partial charge is 0.251 e. The third kappa shape index (κ3) is 4.16. The normalized spacial score (nSPS) is 19.6. The van der Waals surface area contributed by atoms with Gasteiger partial charge in [0, 0.05) is 23.2 Å². The van der Waals surface area contributed by atoms with E-state index in [9.17, 15) is 9.59 Å². The predicted molar refractivity (Wildman–Crippen MR) is 99.8 cm³/mol. The average Bonchev–Trinajstić information content (AvgIpc) is 3.14. The highest BCUT2D eigenvalue weighted by Gasteiger charge is 2.25. The SMILES string of the molecule is CCC1CCCC1CNC(=O)c1ccc(C(=O)c2ccccc2)cc1. The van der Waals surface area contributed by atoms with E-state index < -0.39 is 0 Å². The zero-order valence-corrected chi connectivity index (χ0v) is 14.7. The van der Waals surface area contributed by atoms with Crippen LogP contribution >= 0.6 is 0 Å². The molecule has 0 heterocycles. The van der Waals surface area contributed by atoms with E-state index >= 15 is 0 Å². The van der Waals surface area contributed by atoms with E-state index in [-0.39, 0.29) is 11.7 Å². The number of carbonyl (C=O) groups excluding carboxylic acids is 2. The zero-order valence-electron chi connectivity index (χ0n) is 14.7. The van der Waals surface area contributed by atoms with Gasteiger partial charge in [-0.2, -0.15) is 0 Å². The topological polar surface area (TPSA) is 46.2 Å². The van der Waals surface area contributed by atoms with Gasteiger partial charge in [-0.3, -0.25) is 9.59 Å². The number of hydrogen-bond acceptors (Lipinski definition) is 2. The highest BCUT2D eigenvalue weighted by atomic mass is 16.1. The van der Waals surface area contributed by atoms with Crippen LogP contribution in [0.25, 0.3) is 0 Å². The molecule has 2 aromatic carbocycles. The lowest BCUT2D eigenvalue weighted by Crippen LogP contribution is -2.30. The molecule has 2 atom stereocenters. The average molecular weight is 335 g/mol. The Balaban J connectivity index is 1.60. The van der Waals surface area contributed by atoms with Gasteiger partial charge < -0.3 is 5.32 Å². The van der Waals surface area contributed by atoms with Gasteiger partial charge in [-0.25, -0.2) is 0 Å². The van der Waals surface area contributed by atoms with Crippen LogP contribution in [0, 0.1) is 11.8 Å². The second-order valence-corrected chi connectivity index (χ2v) is 6.84. The Labute approximate surface area is 149 Å². The van der Waals surface area contributed by atoms with Crippen molar-refractivity contribution < 1.29 is 9.59 Å². The van der Waals surface area contributed by atoms with Crippen LogP contribution in [0.4, 0.5) is 0 Å². The Morgan fingerprint density at radius 2 is 1.48 bits per heavy atom. The Morgan fingerprint density at radius 1 is 0.880 bits per heavy atom. The summed E-state index contributed by atoms with van der Waals surface area (Å²) in [5.41, 5.74) is 1.87. The molecular formula is C22H25NO2. The standard InChI is InChI=1S/C22H25NO2/c1-2-16-9-6-10-20(16)15-23-22(25)19-13-11-18(12-14-19)21(24)17-7-4-3-5-8-17/h3-5,7-8,11-14,16,20H,2,6,9-10,15H2,1H3,(H,23,25). The fraction of sp³-hybridized carbons (Fsp3) is 0.364. The van der Waals surface area contributed by atoms with Gasteiger partial charge in [0.2, 0.25) is 0 Å². The van der Waals surface area contributed by atoms with Crippen LogP contribution in [-0.2, 0) is 0 Å². The van der Waals surface area contributed by atoms with Gasteiger partial charge >= 0.3 is 0 Å². The molecule has 1 saturated carbocycles. The highest BCUT2D eigenvalue weighted by Crippen LogP contribution is 2.33. The molecule has 3 heteroatoms. The minimum atomic E-state index is -0.0551. The summed E-state index contributed by atoms with van der Waals surface area (Å²) >= 11 is 0. The van der Waals surface area contributed by atoms with E-state index in [4.69, 9.17) is 0 Å². The van der Waals surface area contributed by atoms with E-state index in [1.54, 1.807) is 36.4 Å². The molecular weight excluding hydrogens is 310 g/mol. The molecule has 0 saturated heterocycles. The molecule has 1 fully saturated rings. The number of ketones is 1. The van der Waals surface area contributed by atoms with E-state index in [0.29, 0.717) is 22.6 Å². The molecule has 130 valence electrons. The van der Waals surface area contributed by atoms with Crippen molar-refractivity contribution in [2.45, 2.75) is 32.6 Å². The summed E-state index contributed by atoms with van der Waals surface area (Å²) in [6.07, 6.45) is 4.96. The van der Waals surface area contributed by atoms with Gasteiger partial charge in [0.15, 0.2) is 5.78 Å². The van der Waals surface area contributed by atoms with Crippen molar-refractivity contribution in [3.8, 4) is 0 Å². The molecule has 3 rings (SSSR count). The fourth-order valence-electron chi connectivity index (χ4n) is 3.77. The molecule has 25 heavy (non-hydrogen) atoms. The first-order valence-electron chi connectivity index (χ1n) is 9.17. The molecule has 2 unspecified atom stereocenters. The molecule has 0 spiro atoms. The van der Waals surface area contributed by atoms with Crippen molar-refractivity contribution in [3.63, 3.8) is 0 Å². The van der Waals surface area contributed by atoms with Crippen LogP contribution in [-0.4, -0.2) is 18.2 Å². The van der Waals surface area contributed by atoms with Gasteiger partial charge in [0.05, 0.1) is 0 Å². The van der Waals surface area contributed by atoms with E-state index in [2.05, 4.69) is 12.2 Å². The zero-order chi connectivity index (χ0) is 17.6. The number of nitrogens with one attached hydrogen (secondary N) is 1. The first-order chi connectivity index (χ1) is 12.2. The monoisotopic (exact) mass is 335 g/mol. The first kappa shape index (κ1) is 17.4. The summed E-state index contributed by atoms with van der Waals surface area (Å²) in [7, 11) is 0. The number of carbonyl (C=O) groups is 2. The minimum Gasteiger partial charge on any atom is -0.352 e. The van der Waals surface area contributed by atoms with Crippen LogP contribution in [0.1, 0.15) is 58.9 Å². The molecule has 0 radical (unpaired) electrons. The largest absolute Gasteiger partial charge is 0.352 e. The molecule has 0 aliphatic heterocycles. The van der Waals surface area contributed by atoms with Crippen molar-refractivity contribution in [1.29, 1.82) is 0 Å². The predicted octanol–water partition coefficient (Wildman–Crippen LogP) is 4.47. The second-order valence-electron chi connectivity index (χ2n) is 6.84. The molecule has 1 amide bonds. The van der Waals surface area contributed by atoms with Crippen LogP contribution in [0.15, 0.2) is 54.6 Å². The molecule has 1 aliphatic rings. The Kier molecular flexibility index (Phi) is 5.64. The summed E-state index contributed by atoms with van der Waals surface area (Å²) in [4.78, 5) is 24.7. The van der Waals surface area contributed by atoms with Gasteiger partial charge in [0.25, 0.3) is 5.91 Å².